The molecule has 2 aromatic carbocycles. The van der Waals surface area contributed by atoms with Gasteiger partial charge in [-0.1, -0.05) is 30.3 Å². The quantitative estimate of drug-likeness (QED) is 0.756. The molecule has 19 heavy (non-hydrogen) atoms. The summed E-state index contributed by atoms with van der Waals surface area (Å²) in [5.41, 5.74) is 2.25. The monoisotopic (exact) mass is 251 g/mol. The number of methoxy groups -OCH3 is 1. The molecule has 0 unspecified atom stereocenters. The molecular weight excluding hydrogens is 238 g/mol. The summed E-state index contributed by atoms with van der Waals surface area (Å²) in [6.45, 7) is 0. The van der Waals surface area contributed by atoms with E-state index in [1.165, 1.54) is 0 Å². The molecule has 0 bridgehead atoms. The maximum atomic E-state index is 9.89. The lowest BCUT2D eigenvalue weighted by atomic mass is 10.1. The smallest absolute Gasteiger partial charge is 0.145 e. The van der Waals surface area contributed by atoms with Gasteiger partial charge in [0.15, 0.2) is 0 Å². The molecule has 1 aromatic heterocycles. The summed E-state index contributed by atoms with van der Waals surface area (Å²) in [6.07, 6.45) is 0. The minimum absolute atomic E-state index is 0.226. The Hall–Kier alpha value is -2.55. The molecule has 1 N–H and O–H groups in total. The average molecular weight is 251 g/mol. The lowest BCUT2D eigenvalue weighted by molar-refractivity contribution is 0.419. The Morgan fingerprint density at radius 2 is 1.79 bits per heavy atom. The van der Waals surface area contributed by atoms with Gasteiger partial charge in [-0.15, -0.1) is 0 Å². The first-order valence-electron chi connectivity index (χ1n) is 6.02. The van der Waals surface area contributed by atoms with E-state index in [1.807, 2.05) is 42.5 Å². The Kier molecular flexibility index (Phi) is 2.80. The molecule has 94 valence electrons. The largest absolute Gasteiger partial charge is 0.507 e. The van der Waals surface area contributed by atoms with Crippen LogP contribution < -0.4 is 4.74 Å². The third-order valence-electron chi connectivity index (χ3n) is 3.08. The van der Waals surface area contributed by atoms with Crippen LogP contribution in [0.15, 0.2) is 54.6 Å². The van der Waals surface area contributed by atoms with Crippen molar-refractivity contribution in [3.63, 3.8) is 0 Å². The zero-order valence-corrected chi connectivity index (χ0v) is 10.5. The zero-order valence-electron chi connectivity index (χ0n) is 10.5. The lowest BCUT2D eigenvalue weighted by Gasteiger charge is -2.08. The number of phenolic OH excluding ortho intramolecular Hbond substituents is 1. The van der Waals surface area contributed by atoms with E-state index in [0.717, 1.165) is 27.9 Å². The Morgan fingerprint density at radius 3 is 2.58 bits per heavy atom. The van der Waals surface area contributed by atoms with Crippen LogP contribution >= 0.6 is 0 Å². The van der Waals surface area contributed by atoms with Crippen LogP contribution in [0.1, 0.15) is 0 Å². The first kappa shape index (κ1) is 11.5. The van der Waals surface area contributed by atoms with Crippen molar-refractivity contribution in [3.05, 3.63) is 54.6 Å². The molecule has 0 saturated heterocycles. The molecule has 0 atom stereocenters. The minimum atomic E-state index is 0.226. The van der Waals surface area contributed by atoms with Crippen LogP contribution in [-0.4, -0.2) is 17.2 Å². The van der Waals surface area contributed by atoms with Gasteiger partial charge in [0.05, 0.1) is 12.8 Å². The summed E-state index contributed by atoms with van der Waals surface area (Å²) in [5.74, 6) is 0.957. The minimum Gasteiger partial charge on any atom is -0.507 e. The summed E-state index contributed by atoms with van der Waals surface area (Å²) in [7, 11) is 1.63. The van der Waals surface area contributed by atoms with Gasteiger partial charge >= 0.3 is 0 Å². The summed E-state index contributed by atoms with van der Waals surface area (Å²) in [4.78, 5) is 4.59. The van der Waals surface area contributed by atoms with Crippen molar-refractivity contribution in [1.29, 1.82) is 0 Å². The molecule has 0 aliphatic heterocycles. The van der Waals surface area contributed by atoms with E-state index < -0.39 is 0 Å². The van der Waals surface area contributed by atoms with Crippen molar-refractivity contribution in [1.82, 2.24) is 4.98 Å². The van der Waals surface area contributed by atoms with E-state index in [0.29, 0.717) is 0 Å². The number of benzene rings is 2. The van der Waals surface area contributed by atoms with Crippen molar-refractivity contribution in [3.8, 4) is 22.8 Å². The zero-order chi connectivity index (χ0) is 13.2. The molecule has 3 nitrogen and oxygen atoms in total. The van der Waals surface area contributed by atoms with Crippen molar-refractivity contribution in [2.75, 3.05) is 7.11 Å². The van der Waals surface area contributed by atoms with Gasteiger partial charge in [-0.3, -0.25) is 0 Å². The maximum Gasteiger partial charge on any atom is 0.145 e. The number of hydrogen-bond donors (Lipinski definition) is 1. The van der Waals surface area contributed by atoms with E-state index in [4.69, 9.17) is 4.74 Å². The number of aromatic nitrogens is 1. The summed E-state index contributed by atoms with van der Waals surface area (Å²) < 4.78 is 5.32. The third-order valence-corrected chi connectivity index (χ3v) is 3.08. The Morgan fingerprint density at radius 1 is 0.947 bits per heavy atom. The molecule has 1 heterocycles. The molecule has 3 rings (SSSR count). The molecule has 0 aliphatic carbocycles. The normalized spacial score (nSPS) is 10.6. The molecule has 0 radical (unpaired) electrons. The molecule has 0 fully saturated rings. The predicted octanol–water partition coefficient (Wildman–Crippen LogP) is 3.62. The highest BCUT2D eigenvalue weighted by molar-refractivity contribution is 5.87. The highest BCUT2D eigenvalue weighted by atomic mass is 16.5. The average Bonchev–Trinajstić information content (AvgIpc) is 2.46. The fourth-order valence-electron chi connectivity index (χ4n) is 2.12. The first-order chi connectivity index (χ1) is 9.29. The standard InChI is InChI=1S/C16H13NO2/c1-19-15-8-4-5-11-9-10-13(17-16(11)15)12-6-2-3-7-14(12)18/h2-10,18H,1H3. The van der Waals surface area contributed by atoms with Gasteiger partial charge in [0.2, 0.25) is 0 Å². The van der Waals surface area contributed by atoms with E-state index >= 15 is 0 Å². The SMILES string of the molecule is COc1cccc2ccc(-c3ccccc3O)nc12. The lowest BCUT2D eigenvalue weighted by Crippen LogP contribution is -1.90. The Bertz CT molecular complexity index is 738. The molecular formula is C16H13NO2. The Balaban J connectivity index is 2.24. The summed E-state index contributed by atoms with van der Waals surface area (Å²) in [6, 6.07) is 16.8. The van der Waals surface area contributed by atoms with E-state index in [2.05, 4.69) is 4.98 Å². The van der Waals surface area contributed by atoms with Gasteiger partial charge in [0.25, 0.3) is 0 Å². The first-order valence-corrected chi connectivity index (χ1v) is 6.02. The van der Waals surface area contributed by atoms with Crippen molar-refractivity contribution >= 4 is 10.9 Å². The van der Waals surface area contributed by atoms with Crippen molar-refractivity contribution in [2.24, 2.45) is 0 Å². The molecule has 3 heteroatoms. The number of ether oxygens (including phenoxy) is 1. The van der Waals surface area contributed by atoms with Gasteiger partial charge in [-0.2, -0.15) is 0 Å². The summed E-state index contributed by atoms with van der Waals surface area (Å²) >= 11 is 0. The number of nitrogens with zero attached hydrogens (tertiary/aromatic N) is 1. The van der Waals surface area contributed by atoms with E-state index in [9.17, 15) is 5.11 Å². The summed E-state index contributed by atoms with van der Waals surface area (Å²) in [5, 5.41) is 10.9. The van der Waals surface area contributed by atoms with Crippen LogP contribution in [-0.2, 0) is 0 Å². The molecule has 0 amide bonds. The number of para-hydroxylation sites is 2. The van der Waals surface area contributed by atoms with Crippen LogP contribution in [0.25, 0.3) is 22.2 Å². The van der Waals surface area contributed by atoms with Crippen molar-refractivity contribution < 1.29 is 9.84 Å². The van der Waals surface area contributed by atoms with E-state index in [1.54, 1.807) is 19.2 Å². The van der Waals surface area contributed by atoms with Gasteiger partial charge < -0.3 is 9.84 Å². The van der Waals surface area contributed by atoms with Gasteiger partial charge in [-0.25, -0.2) is 4.98 Å². The second kappa shape index (κ2) is 4.61. The fraction of sp³-hybridized carbons (Fsp3) is 0.0625. The number of pyridine rings is 1. The number of fused-ring (bicyclic) bond motifs is 1. The highest BCUT2D eigenvalue weighted by Gasteiger charge is 2.08. The molecule has 0 saturated carbocycles. The predicted molar refractivity (Wildman–Crippen MR) is 75.4 cm³/mol. The van der Waals surface area contributed by atoms with Crippen LogP contribution in [0.2, 0.25) is 0 Å². The van der Waals surface area contributed by atoms with Crippen molar-refractivity contribution in [2.45, 2.75) is 0 Å². The number of aromatic hydroxyl groups is 1. The van der Waals surface area contributed by atoms with Crippen LogP contribution in [0.5, 0.6) is 11.5 Å². The van der Waals surface area contributed by atoms with Gasteiger partial charge in [0, 0.05) is 10.9 Å². The maximum absolute atomic E-state index is 9.89. The van der Waals surface area contributed by atoms with Gasteiger partial charge in [-0.05, 0) is 24.3 Å². The van der Waals surface area contributed by atoms with Gasteiger partial charge in [0.1, 0.15) is 17.0 Å². The Labute approximate surface area is 111 Å². The van der Waals surface area contributed by atoms with Crippen LogP contribution in [0.3, 0.4) is 0 Å². The van der Waals surface area contributed by atoms with E-state index in [-0.39, 0.29) is 5.75 Å². The third kappa shape index (κ3) is 1.99. The fourth-order valence-corrected chi connectivity index (χ4v) is 2.12. The van der Waals surface area contributed by atoms with Crippen LogP contribution in [0.4, 0.5) is 0 Å². The number of hydrogen-bond acceptors (Lipinski definition) is 3. The number of rotatable bonds is 2. The topological polar surface area (TPSA) is 42.4 Å². The second-order valence-corrected chi connectivity index (χ2v) is 4.25. The molecule has 0 aliphatic rings. The highest BCUT2D eigenvalue weighted by Crippen LogP contribution is 2.31. The molecule has 0 spiro atoms. The molecule has 3 aromatic rings. The number of phenols is 1. The van der Waals surface area contributed by atoms with Crippen LogP contribution in [0, 0.1) is 0 Å². The second-order valence-electron chi connectivity index (χ2n) is 4.25.